The van der Waals surface area contributed by atoms with Gasteiger partial charge < -0.3 is 71.4 Å². The van der Waals surface area contributed by atoms with Gasteiger partial charge >= 0.3 is 17.9 Å². The van der Waals surface area contributed by atoms with Gasteiger partial charge in [-0.1, -0.05) is 27.2 Å². The Morgan fingerprint density at radius 2 is 1.00 bits per heavy atom. The molecule has 58 heavy (non-hydrogen) atoms. The molecule has 2 spiro atoms. The minimum Gasteiger partial charge on any atom is -0.465 e. The average molecular weight is 833 g/mol. The van der Waals surface area contributed by atoms with Crippen molar-refractivity contribution >= 4 is 17.9 Å². The summed E-state index contributed by atoms with van der Waals surface area (Å²) in [6.45, 7) is 29.2. The number of aliphatic hydroxyl groups is 1. The van der Waals surface area contributed by atoms with Crippen LogP contribution in [-0.4, -0.2) is 141 Å². The molecule has 0 radical (unpaired) electrons. The molecule has 332 valence electrons. The normalized spacial score (nSPS) is 25.3. The second-order valence-electron chi connectivity index (χ2n) is 13.7. The van der Waals surface area contributed by atoms with E-state index in [0.29, 0.717) is 49.5 Å². The molecule has 18 heteroatoms. The molecule has 18 nitrogen and oxygen atoms in total. The molecule has 0 aromatic rings. The Labute approximate surface area is 341 Å². The Morgan fingerprint density at radius 1 is 0.638 bits per heavy atom. The highest BCUT2D eigenvalue weighted by Gasteiger charge is 2.49. The van der Waals surface area contributed by atoms with Crippen LogP contribution < -0.4 is 0 Å². The maximum absolute atomic E-state index is 11.4. The van der Waals surface area contributed by atoms with Crippen molar-refractivity contribution in [3.05, 3.63) is 62.0 Å². The smallest absolute Gasteiger partial charge is 0.333 e. The largest absolute Gasteiger partial charge is 0.465 e. The Balaban J connectivity index is 0.000000502. The average Bonchev–Trinajstić information content (AvgIpc) is 3.80. The van der Waals surface area contributed by atoms with E-state index in [-0.39, 0.29) is 78.9 Å². The zero-order chi connectivity index (χ0) is 42.4. The van der Waals surface area contributed by atoms with E-state index in [9.17, 15) is 14.4 Å². The minimum atomic E-state index is -1.26. The molecule has 5 aliphatic rings. The molecule has 0 unspecified atom stereocenters. The molecule has 5 heterocycles. The lowest BCUT2D eigenvalue weighted by atomic mass is 9.90. The number of aliphatic hydroxyl groups excluding tert-OH is 1. The van der Waals surface area contributed by atoms with Gasteiger partial charge in [0, 0.05) is 44.3 Å². The van der Waals surface area contributed by atoms with Crippen LogP contribution in [0.3, 0.4) is 0 Å². The summed E-state index contributed by atoms with van der Waals surface area (Å²) >= 11 is 0. The van der Waals surface area contributed by atoms with Gasteiger partial charge in [-0.15, -0.1) is 0 Å². The summed E-state index contributed by atoms with van der Waals surface area (Å²) in [5.74, 6) is -3.23. The number of ether oxygens (including phenoxy) is 14. The predicted molar refractivity (Wildman–Crippen MR) is 206 cm³/mol. The van der Waals surface area contributed by atoms with E-state index in [2.05, 4.69) is 37.6 Å². The third-order valence-electron chi connectivity index (χ3n) is 8.11. The molecular weight excluding hydrogens is 768 g/mol. The summed E-state index contributed by atoms with van der Waals surface area (Å²) in [5.41, 5.74) is -0.0635. The van der Waals surface area contributed by atoms with E-state index in [1.54, 1.807) is 27.7 Å². The minimum absolute atomic E-state index is 0. The molecule has 5 fully saturated rings. The fourth-order valence-electron chi connectivity index (χ4n) is 4.59. The van der Waals surface area contributed by atoms with Gasteiger partial charge in [0.2, 0.25) is 0 Å². The molecule has 0 bridgehead atoms. The lowest BCUT2D eigenvalue weighted by molar-refractivity contribution is -0.456. The van der Waals surface area contributed by atoms with Gasteiger partial charge in [0.05, 0.1) is 51.7 Å². The van der Waals surface area contributed by atoms with Gasteiger partial charge in [-0.05, 0) is 39.8 Å². The van der Waals surface area contributed by atoms with Crippen molar-refractivity contribution < 1.29 is 85.8 Å². The van der Waals surface area contributed by atoms with E-state index in [4.69, 9.17) is 66.7 Å². The molecule has 0 amide bonds. The van der Waals surface area contributed by atoms with Crippen molar-refractivity contribution in [3.8, 4) is 0 Å². The highest BCUT2D eigenvalue weighted by molar-refractivity contribution is 5.87. The van der Waals surface area contributed by atoms with Gasteiger partial charge in [-0.25, -0.2) is 14.4 Å². The third kappa shape index (κ3) is 19.6. The number of carbonyl (C=O) groups excluding carboxylic acids is 3. The maximum atomic E-state index is 11.4. The fraction of sp³-hybridized carbons (Fsp3) is 0.675. The van der Waals surface area contributed by atoms with Crippen LogP contribution >= 0.6 is 0 Å². The third-order valence-corrected chi connectivity index (χ3v) is 8.11. The summed E-state index contributed by atoms with van der Waals surface area (Å²) in [6.07, 6.45) is 3.61. The lowest BCUT2D eigenvalue weighted by Crippen LogP contribution is -2.59. The van der Waals surface area contributed by atoms with Crippen LogP contribution in [0.25, 0.3) is 0 Å². The standard InChI is InChI=1S/C21H32O10.C9H12O4.C5H8O3.C4H8O.CH4/c1-15(2)17(22)24-7-9-26-19(5)28-11-21(12-29-19)13-30-20(6,31-14-21)27-10-8-25-18(23)16(3)4;1-7-10-3-9(4-11-7)5-12-8(2)13-6-9;1-2-5(7)8-4-3-6;1-2-4-5-3-1;/h1,3,7-14H2,2,4-6H3;1-6H2;2,6H,1,3-4H2;1-4H2;1H4. The van der Waals surface area contributed by atoms with Crippen LogP contribution in [0, 0.1) is 10.8 Å². The van der Waals surface area contributed by atoms with Crippen molar-refractivity contribution in [3.63, 3.8) is 0 Å². The van der Waals surface area contributed by atoms with Crippen molar-refractivity contribution in [1.82, 2.24) is 0 Å². The summed E-state index contributed by atoms with van der Waals surface area (Å²) in [5, 5.41) is 8.10. The van der Waals surface area contributed by atoms with Gasteiger partial charge in [-0.3, -0.25) is 0 Å². The fourth-order valence-corrected chi connectivity index (χ4v) is 4.59. The first kappa shape index (κ1) is 52.0. The molecule has 0 aromatic heterocycles. The zero-order valence-corrected chi connectivity index (χ0v) is 33.7. The molecule has 0 saturated carbocycles. The topological polar surface area (TPSA) is 201 Å². The van der Waals surface area contributed by atoms with Crippen LogP contribution in [-0.2, 0) is 80.7 Å². The Hall–Kier alpha value is -4.01. The first-order chi connectivity index (χ1) is 27.0. The van der Waals surface area contributed by atoms with Crippen molar-refractivity contribution in [2.24, 2.45) is 10.8 Å². The van der Waals surface area contributed by atoms with Gasteiger partial charge in [0.1, 0.15) is 51.7 Å². The summed E-state index contributed by atoms with van der Waals surface area (Å²) in [6, 6.07) is 0. The summed E-state index contributed by atoms with van der Waals surface area (Å²) in [7, 11) is 0. The quantitative estimate of drug-likeness (QED) is 0.121. The Morgan fingerprint density at radius 3 is 1.29 bits per heavy atom. The second-order valence-corrected chi connectivity index (χ2v) is 13.7. The zero-order valence-electron chi connectivity index (χ0n) is 33.7. The van der Waals surface area contributed by atoms with Gasteiger partial charge in [0.15, 0.2) is 0 Å². The van der Waals surface area contributed by atoms with E-state index >= 15 is 0 Å². The first-order valence-corrected chi connectivity index (χ1v) is 18.4. The summed E-state index contributed by atoms with van der Waals surface area (Å²) < 4.78 is 74.2. The Bertz CT molecular complexity index is 1220. The van der Waals surface area contributed by atoms with Gasteiger partial charge in [0.25, 0.3) is 23.8 Å². The number of carbonyl (C=O) groups is 3. The van der Waals surface area contributed by atoms with E-state index in [1.807, 2.05) is 0 Å². The van der Waals surface area contributed by atoms with Crippen molar-refractivity contribution in [2.45, 2.75) is 59.9 Å². The molecule has 0 aromatic carbocycles. The van der Waals surface area contributed by atoms with Crippen LogP contribution in [0.5, 0.6) is 0 Å². The molecule has 0 aliphatic carbocycles. The van der Waals surface area contributed by atoms with Crippen LogP contribution in [0.2, 0.25) is 0 Å². The number of esters is 3. The molecule has 5 rings (SSSR count). The lowest BCUT2D eigenvalue weighted by Gasteiger charge is -2.48. The maximum Gasteiger partial charge on any atom is 0.333 e. The highest BCUT2D eigenvalue weighted by atomic mass is 16.9. The SMILES string of the molecule is C.C1CCOC1.C=C(C)C(=O)OCCOC1(C)OCC2(CO1)COC(C)(OCCOC(=O)C(=C)C)OC2.C=C1OCC2(CO1)COC(=C)OC2.C=CC(=O)OCCO. The van der Waals surface area contributed by atoms with E-state index in [1.165, 1.54) is 12.8 Å². The van der Waals surface area contributed by atoms with Crippen LogP contribution in [0.1, 0.15) is 48.0 Å². The van der Waals surface area contributed by atoms with Crippen LogP contribution in [0.15, 0.2) is 62.0 Å². The monoisotopic (exact) mass is 832 g/mol. The molecule has 5 aliphatic heterocycles. The van der Waals surface area contributed by atoms with Crippen molar-refractivity contribution in [2.75, 3.05) is 106 Å². The number of hydrogen-bond donors (Lipinski definition) is 1. The summed E-state index contributed by atoms with van der Waals surface area (Å²) in [4.78, 5) is 32.8. The molecule has 0 atom stereocenters. The predicted octanol–water partition coefficient (Wildman–Crippen LogP) is 3.84. The highest BCUT2D eigenvalue weighted by Crippen LogP contribution is 2.37. The number of hydrogen-bond acceptors (Lipinski definition) is 18. The Kier molecular flexibility index (Phi) is 23.5. The van der Waals surface area contributed by atoms with Crippen molar-refractivity contribution in [1.29, 1.82) is 0 Å². The van der Waals surface area contributed by atoms with Gasteiger partial charge in [-0.2, -0.15) is 0 Å². The molecular formula is C40H64O18. The second kappa shape index (κ2) is 26.2. The number of rotatable bonds is 13. The van der Waals surface area contributed by atoms with E-state index < -0.39 is 35.3 Å². The molecule has 1 N–H and O–H groups in total. The first-order valence-electron chi connectivity index (χ1n) is 18.4. The van der Waals surface area contributed by atoms with E-state index in [0.717, 1.165) is 19.3 Å². The van der Waals surface area contributed by atoms with Crippen LogP contribution in [0.4, 0.5) is 0 Å². The molecule has 5 saturated heterocycles.